The zero-order chi connectivity index (χ0) is 21.1. The molecule has 1 amide bonds. The van der Waals surface area contributed by atoms with Crippen LogP contribution in [-0.4, -0.2) is 15.8 Å². The number of carbonyl (C=O) groups is 1. The van der Waals surface area contributed by atoms with Gasteiger partial charge in [-0.15, -0.1) is 0 Å². The van der Waals surface area contributed by atoms with Crippen molar-refractivity contribution in [1.82, 2.24) is 4.98 Å². The minimum absolute atomic E-state index is 0.00437. The van der Waals surface area contributed by atoms with Crippen LogP contribution in [0.5, 0.6) is 0 Å². The summed E-state index contributed by atoms with van der Waals surface area (Å²) in [5, 5.41) is 14.7. The number of aromatic nitrogens is 1. The first-order chi connectivity index (χ1) is 14.5. The molecular formula is C22H14ClN3O3S. The predicted molar refractivity (Wildman–Crippen MR) is 119 cm³/mol. The van der Waals surface area contributed by atoms with E-state index in [1.165, 1.54) is 23.5 Å². The van der Waals surface area contributed by atoms with Gasteiger partial charge in [0.2, 0.25) is 0 Å². The third-order valence-corrected chi connectivity index (χ3v) is 5.58. The standard InChI is InChI=1S/C22H14ClN3O3S/c23-17-8-4-7-16(13-17)21(27)25-22-24-19(14-9-11-18(12-10-14)26(28)29)20(30-22)15-5-2-1-3-6-15/h1-13H,(H,24,25,27). The third kappa shape index (κ3) is 4.22. The number of rotatable bonds is 5. The highest BCUT2D eigenvalue weighted by Crippen LogP contribution is 2.39. The number of nitro benzene ring substituents is 1. The zero-order valence-corrected chi connectivity index (χ0v) is 17.0. The van der Waals surface area contributed by atoms with Crippen molar-refractivity contribution in [2.75, 3.05) is 5.32 Å². The average Bonchev–Trinajstić information content (AvgIpc) is 3.18. The molecule has 0 spiro atoms. The van der Waals surface area contributed by atoms with Gasteiger partial charge >= 0.3 is 0 Å². The highest BCUT2D eigenvalue weighted by molar-refractivity contribution is 7.19. The molecular weight excluding hydrogens is 422 g/mol. The van der Waals surface area contributed by atoms with E-state index in [0.29, 0.717) is 21.4 Å². The van der Waals surface area contributed by atoms with E-state index >= 15 is 0 Å². The molecule has 4 aromatic rings. The van der Waals surface area contributed by atoms with E-state index < -0.39 is 4.92 Å². The summed E-state index contributed by atoms with van der Waals surface area (Å²) in [4.78, 5) is 28.6. The Morgan fingerprint density at radius 2 is 1.70 bits per heavy atom. The zero-order valence-electron chi connectivity index (χ0n) is 15.4. The van der Waals surface area contributed by atoms with Crippen LogP contribution in [0.25, 0.3) is 21.7 Å². The minimum Gasteiger partial charge on any atom is -0.298 e. The number of thiazole rings is 1. The van der Waals surface area contributed by atoms with Crippen LogP contribution in [0.2, 0.25) is 5.02 Å². The van der Waals surface area contributed by atoms with Crippen LogP contribution in [-0.2, 0) is 0 Å². The smallest absolute Gasteiger partial charge is 0.269 e. The molecule has 0 aliphatic rings. The molecule has 8 heteroatoms. The molecule has 1 heterocycles. The summed E-state index contributed by atoms with van der Waals surface area (Å²) in [7, 11) is 0. The maximum atomic E-state index is 12.6. The Balaban J connectivity index is 1.72. The lowest BCUT2D eigenvalue weighted by Crippen LogP contribution is -2.11. The van der Waals surface area contributed by atoms with Gasteiger partial charge in [-0.25, -0.2) is 4.98 Å². The van der Waals surface area contributed by atoms with Crippen molar-refractivity contribution in [3.05, 3.63) is 99.6 Å². The Bertz CT molecular complexity index is 1220. The van der Waals surface area contributed by atoms with Crippen molar-refractivity contribution in [2.45, 2.75) is 0 Å². The topological polar surface area (TPSA) is 85.1 Å². The normalized spacial score (nSPS) is 10.6. The van der Waals surface area contributed by atoms with Gasteiger partial charge < -0.3 is 0 Å². The molecule has 0 bridgehead atoms. The van der Waals surface area contributed by atoms with Crippen LogP contribution in [0.3, 0.4) is 0 Å². The second-order valence-electron chi connectivity index (χ2n) is 6.33. The molecule has 0 aliphatic carbocycles. The number of carbonyl (C=O) groups excluding carboxylic acids is 1. The highest BCUT2D eigenvalue weighted by Gasteiger charge is 2.18. The van der Waals surface area contributed by atoms with E-state index in [4.69, 9.17) is 11.6 Å². The van der Waals surface area contributed by atoms with Gasteiger partial charge in [0, 0.05) is 28.3 Å². The van der Waals surface area contributed by atoms with Crippen LogP contribution in [0, 0.1) is 10.1 Å². The van der Waals surface area contributed by atoms with Crippen LogP contribution >= 0.6 is 22.9 Å². The quantitative estimate of drug-likeness (QED) is 0.295. The Morgan fingerprint density at radius 1 is 0.967 bits per heavy atom. The number of hydrogen-bond donors (Lipinski definition) is 1. The van der Waals surface area contributed by atoms with Gasteiger partial charge in [-0.1, -0.05) is 59.3 Å². The number of nitrogens with zero attached hydrogens (tertiary/aromatic N) is 2. The first kappa shape index (κ1) is 19.8. The Labute approximate surface area is 180 Å². The minimum atomic E-state index is -0.445. The van der Waals surface area contributed by atoms with Crippen LogP contribution < -0.4 is 5.32 Å². The second-order valence-corrected chi connectivity index (χ2v) is 7.77. The molecule has 0 radical (unpaired) electrons. The molecule has 6 nitrogen and oxygen atoms in total. The lowest BCUT2D eigenvalue weighted by molar-refractivity contribution is -0.384. The van der Waals surface area contributed by atoms with Gasteiger partial charge in [-0.2, -0.15) is 0 Å². The maximum Gasteiger partial charge on any atom is 0.269 e. The van der Waals surface area contributed by atoms with Gasteiger partial charge in [-0.05, 0) is 35.9 Å². The largest absolute Gasteiger partial charge is 0.298 e. The molecule has 0 saturated heterocycles. The van der Waals surface area contributed by atoms with E-state index in [1.54, 1.807) is 36.4 Å². The number of halogens is 1. The molecule has 0 atom stereocenters. The fourth-order valence-electron chi connectivity index (χ4n) is 2.89. The fourth-order valence-corrected chi connectivity index (χ4v) is 4.07. The molecule has 1 aromatic heterocycles. The van der Waals surface area contributed by atoms with Gasteiger partial charge in [0.1, 0.15) is 0 Å². The Morgan fingerprint density at radius 3 is 2.37 bits per heavy atom. The van der Waals surface area contributed by atoms with E-state index in [9.17, 15) is 14.9 Å². The summed E-state index contributed by atoms with van der Waals surface area (Å²) < 4.78 is 0. The van der Waals surface area contributed by atoms with Crippen LogP contribution in [0.1, 0.15) is 10.4 Å². The molecule has 0 unspecified atom stereocenters. The summed E-state index contributed by atoms with van der Waals surface area (Å²) in [5.74, 6) is -0.318. The Hall–Kier alpha value is -3.55. The molecule has 3 aromatic carbocycles. The van der Waals surface area contributed by atoms with E-state index in [1.807, 2.05) is 30.3 Å². The van der Waals surface area contributed by atoms with Gasteiger partial charge in [0.15, 0.2) is 5.13 Å². The lowest BCUT2D eigenvalue weighted by Gasteiger charge is -2.02. The highest BCUT2D eigenvalue weighted by atomic mass is 35.5. The number of anilines is 1. The van der Waals surface area contributed by atoms with Gasteiger partial charge in [0.25, 0.3) is 11.6 Å². The second kappa shape index (κ2) is 8.44. The first-order valence-corrected chi connectivity index (χ1v) is 10.1. The molecule has 0 fully saturated rings. The number of benzene rings is 3. The van der Waals surface area contributed by atoms with Crippen molar-refractivity contribution < 1.29 is 9.72 Å². The van der Waals surface area contributed by atoms with Crippen LogP contribution in [0.4, 0.5) is 10.8 Å². The van der Waals surface area contributed by atoms with Crippen molar-refractivity contribution in [1.29, 1.82) is 0 Å². The monoisotopic (exact) mass is 435 g/mol. The summed E-state index contributed by atoms with van der Waals surface area (Å²) in [6, 6.07) is 22.5. The molecule has 148 valence electrons. The number of amides is 1. The summed E-state index contributed by atoms with van der Waals surface area (Å²) in [5.41, 5.74) is 2.73. The number of nitro groups is 1. The van der Waals surface area contributed by atoms with E-state index in [2.05, 4.69) is 10.3 Å². The van der Waals surface area contributed by atoms with Crippen molar-refractivity contribution in [3.8, 4) is 21.7 Å². The van der Waals surface area contributed by atoms with Gasteiger partial charge in [-0.3, -0.25) is 20.2 Å². The summed E-state index contributed by atoms with van der Waals surface area (Å²) in [6.45, 7) is 0. The van der Waals surface area contributed by atoms with Gasteiger partial charge in [0.05, 0.1) is 15.5 Å². The number of non-ortho nitro benzene ring substituents is 1. The van der Waals surface area contributed by atoms with Crippen molar-refractivity contribution in [3.63, 3.8) is 0 Å². The summed E-state index contributed by atoms with van der Waals surface area (Å²) in [6.07, 6.45) is 0. The number of nitrogens with one attached hydrogen (secondary N) is 1. The average molecular weight is 436 g/mol. The van der Waals surface area contributed by atoms with E-state index in [0.717, 1.165) is 16.0 Å². The molecule has 0 aliphatic heterocycles. The lowest BCUT2D eigenvalue weighted by atomic mass is 10.1. The van der Waals surface area contributed by atoms with Crippen molar-refractivity contribution >= 4 is 39.7 Å². The molecule has 0 saturated carbocycles. The molecule has 30 heavy (non-hydrogen) atoms. The molecule has 1 N–H and O–H groups in total. The SMILES string of the molecule is O=C(Nc1nc(-c2ccc([N+](=O)[O-])cc2)c(-c2ccccc2)s1)c1cccc(Cl)c1. The van der Waals surface area contributed by atoms with E-state index in [-0.39, 0.29) is 11.6 Å². The first-order valence-electron chi connectivity index (χ1n) is 8.89. The predicted octanol–water partition coefficient (Wildman–Crippen LogP) is 6.29. The number of hydrogen-bond acceptors (Lipinski definition) is 5. The van der Waals surface area contributed by atoms with Crippen molar-refractivity contribution in [2.24, 2.45) is 0 Å². The van der Waals surface area contributed by atoms with Crippen LogP contribution in [0.15, 0.2) is 78.9 Å². The molecule has 4 rings (SSSR count). The Kier molecular flexibility index (Phi) is 5.56. The third-order valence-electron chi connectivity index (χ3n) is 4.32. The summed E-state index contributed by atoms with van der Waals surface area (Å²) >= 11 is 7.31. The fraction of sp³-hybridized carbons (Fsp3) is 0. The maximum absolute atomic E-state index is 12.6.